The zero-order valence-electron chi connectivity index (χ0n) is 14.6. The molecule has 1 atom stereocenters. The van der Waals surface area contributed by atoms with E-state index < -0.39 is 23.5 Å². The second-order valence-corrected chi connectivity index (χ2v) is 6.71. The molecule has 3 aromatic rings. The predicted molar refractivity (Wildman–Crippen MR) is 106 cm³/mol. The number of hydrogen-bond acceptors (Lipinski definition) is 4. The Morgan fingerprint density at radius 1 is 0.964 bits per heavy atom. The van der Waals surface area contributed by atoms with Gasteiger partial charge in [0, 0.05) is 16.8 Å². The van der Waals surface area contributed by atoms with Crippen molar-refractivity contribution in [2.75, 3.05) is 4.90 Å². The first-order valence-corrected chi connectivity index (χ1v) is 8.98. The van der Waals surface area contributed by atoms with Crippen molar-refractivity contribution in [2.24, 2.45) is 0 Å². The van der Waals surface area contributed by atoms with Crippen molar-refractivity contribution < 1.29 is 14.7 Å². The smallest absolute Gasteiger partial charge is 0.295 e. The van der Waals surface area contributed by atoms with Crippen LogP contribution in [0.1, 0.15) is 22.0 Å². The molecule has 0 radical (unpaired) electrons. The fraction of sp³-hybridized carbons (Fsp3) is 0.0455. The third-order valence-corrected chi connectivity index (χ3v) is 4.82. The molecule has 1 unspecified atom stereocenters. The van der Waals surface area contributed by atoms with E-state index in [2.05, 4.69) is 4.98 Å². The number of hydrogen-bond donors (Lipinski definition) is 1. The van der Waals surface area contributed by atoms with Gasteiger partial charge in [-0.05, 0) is 29.8 Å². The number of Topliss-reactive ketones (excluding diaryl/α,β-unsaturated/α-hetero) is 1. The summed E-state index contributed by atoms with van der Waals surface area (Å²) in [7, 11) is 0. The zero-order valence-corrected chi connectivity index (χ0v) is 15.4. The van der Waals surface area contributed by atoms with Crippen molar-refractivity contribution in [3.63, 3.8) is 0 Å². The van der Waals surface area contributed by atoms with Crippen LogP contribution in [0, 0.1) is 0 Å². The molecule has 2 heterocycles. The van der Waals surface area contributed by atoms with Gasteiger partial charge in [0.1, 0.15) is 5.82 Å². The van der Waals surface area contributed by atoms with E-state index in [1.165, 1.54) is 4.90 Å². The Kier molecular flexibility index (Phi) is 4.67. The Bertz CT molecular complexity index is 1060. The maximum absolute atomic E-state index is 13.2. The Hall–Kier alpha value is -3.44. The lowest BCUT2D eigenvalue weighted by Crippen LogP contribution is -2.31. The topological polar surface area (TPSA) is 70.5 Å². The Morgan fingerprint density at radius 2 is 1.64 bits per heavy atom. The van der Waals surface area contributed by atoms with E-state index in [0.29, 0.717) is 22.0 Å². The molecule has 0 aliphatic carbocycles. The lowest BCUT2D eigenvalue weighted by molar-refractivity contribution is -0.117. The largest absolute Gasteiger partial charge is 0.503 e. The number of pyridine rings is 1. The number of halogens is 1. The van der Waals surface area contributed by atoms with E-state index >= 15 is 0 Å². The summed E-state index contributed by atoms with van der Waals surface area (Å²) >= 11 is 6.00. The van der Waals surface area contributed by atoms with Crippen LogP contribution in [-0.2, 0) is 4.79 Å². The van der Waals surface area contributed by atoms with E-state index in [0.717, 1.165) is 0 Å². The van der Waals surface area contributed by atoms with Crippen LogP contribution in [0.15, 0.2) is 90.3 Å². The monoisotopic (exact) mass is 390 g/mol. The van der Waals surface area contributed by atoms with Gasteiger partial charge in [-0.25, -0.2) is 4.98 Å². The summed E-state index contributed by atoms with van der Waals surface area (Å²) in [6.07, 6.45) is 1.55. The van der Waals surface area contributed by atoms with Gasteiger partial charge in [0.05, 0.1) is 11.6 Å². The molecule has 28 heavy (non-hydrogen) atoms. The molecule has 6 heteroatoms. The van der Waals surface area contributed by atoms with Gasteiger partial charge in [0.2, 0.25) is 0 Å². The van der Waals surface area contributed by atoms with Crippen LogP contribution in [0.2, 0.25) is 5.02 Å². The SMILES string of the molecule is O=C(C1=C(O)C(=O)N(c2ccccn2)C1c1ccc(Cl)cc1)c1ccccc1. The Labute approximate surface area is 166 Å². The van der Waals surface area contributed by atoms with Crippen LogP contribution in [0.4, 0.5) is 5.82 Å². The number of nitrogens with zero attached hydrogens (tertiary/aromatic N) is 2. The zero-order chi connectivity index (χ0) is 19.7. The third kappa shape index (κ3) is 3.06. The normalized spacial score (nSPS) is 16.5. The summed E-state index contributed by atoms with van der Waals surface area (Å²) in [5.74, 6) is -1.31. The van der Waals surface area contributed by atoms with Crippen molar-refractivity contribution in [1.82, 2.24) is 4.98 Å². The van der Waals surface area contributed by atoms with Crippen LogP contribution in [0.5, 0.6) is 0 Å². The molecule has 138 valence electrons. The fourth-order valence-corrected chi connectivity index (χ4v) is 3.40. The summed E-state index contributed by atoms with van der Waals surface area (Å²) < 4.78 is 0. The molecular formula is C22H15ClN2O3. The molecule has 1 aliphatic rings. The fourth-order valence-electron chi connectivity index (χ4n) is 3.28. The van der Waals surface area contributed by atoms with Crippen LogP contribution < -0.4 is 4.90 Å². The van der Waals surface area contributed by atoms with Crippen molar-refractivity contribution in [2.45, 2.75) is 6.04 Å². The molecule has 1 N–H and O–H groups in total. The Morgan fingerprint density at radius 3 is 2.29 bits per heavy atom. The molecule has 4 rings (SSSR count). The number of amides is 1. The van der Waals surface area contributed by atoms with Crippen LogP contribution in [-0.4, -0.2) is 21.8 Å². The third-order valence-electron chi connectivity index (χ3n) is 4.57. The molecule has 1 amide bonds. The van der Waals surface area contributed by atoms with E-state index in [1.54, 1.807) is 79.0 Å². The second kappa shape index (κ2) is 7.29. The van der Waals surface area contributed by atoms with E-state index in [-0.39, 0.29) is 5.57 Å². The van der Waals surface area contributed by atoms with E-state index in [1.807, 2.05) is 0 Å². The molecular weight excluding hydrogens is 376 g/mol. The van der Waals surface area contributed by atoms with Crippen molar-refractivity contribution >= 4 is 29.1 Å². The number of carbonyl (C=O) groups is 2. The van der Waals surface area contributed by atoms with Gasteiger partial charge in [-0.15, -0.1) is 0 Å². The number of rotatable bonds is 4. The van der Waals surface area contributed by atoms with Gasteiger partial charge >= 0.3 is 0 Å². The highest BCUT2D eigenvalue weighted by Gasteiger charge is 2.45. The number of ketones is 1. The molecule has 1 aliphatic heterocycles. The van der Waals surface area contributed by atoms with E-state index in [9.17, 15) is 14.7 Å². The maximum Gasteiger partial charge on any atom is 0.295 e. The number of anilines is 1. The summed E-state index contributed by atoms with van der Waals surface area (Å²) in [5.41, 5.74) is 1.05. The minimum Gasteiger partial charge on any atom is -0.503 e. The molecule has 1 aromatic heterocycles. The summed E-state index contributed by atoms with van der Waals surface area (Å²) in [6, 6.07) is 19.7. The second-order valence-electron chi connectivity index (χ2n) is 6.27. The lowest BCUT2D eigenvalue weighted by Gasteiger charge is -2.26. The standard InChI is InChI=1S/C22H15ClN2O3/c23-16-11-9-14(10-12-16)19-18(20(26)15-6-2-1-3-7-15)21(27)22(28)25(19)17-8-4-5-13-24-17/h1-13,19,27H. The highest BCUT2D eigenvalue weighted by atomic mass is 35.5. The summed E-state index contributed by atoms with van der Waals surface area (Å²) in [6.45, 7) is 0. The molecule has 0 saturated carbocycles. The van der Waals surface area contributed by atoms with Gasteiger partial charge in [-0.2, -0.15) is 0 Å². The average Bonchev–Trinajstić information content (AvgIpc) is 3.00. The average molecular weight is 391 g/mol. The first-order valence-electron chi connectivity index (χ1n) is 8.61. The lowest BCUT2D eigenvalue weighted by atomic mass is 9.93. The molecule has 0 saturated heterocycles. The minimum atomic E-state index is -0.813. The van der Waals surface area contributed by atoms with Crippen molar-refractivity contribution in [3.8, 4) is 0 Å². The highest BCUT2D eigenvalue weighted by molar-refractivity contribution is 6.30. The number of benzene rings is 2. The molecule has 0 bridgehead atoms. The van der Waals surface area contributed by atoms with Crippen molar-refractivity contribution in [3.05, 3.63) is 106 Å². The van der Waals surface area contributed by atoms with Gasteiger partial charge in [0.25, 0.3) is 5.91 Å². The minimum absolute atomic E-state index is 0.0178. The molecule has 5 nitrogen and oxygen atoms in total. The maximum atomic E-state index is 13.2. The van der Waals surface area contributed by atoms with Crippen LogP contribution in [0.3, 0.4) is 0 Å². The van der Waals surface area contributed by atoms with Gasteiger partial charge in [-0.3, -0.25) is 14.5 Å². The number of aliphatic hydroxyl groups excluding tert-OH is 1. The predicted octanol–water partition coefficient (Wildman–Crippen LogP) is 4.52. The van der Waals surface area contributed by atoms with Crippen molar-refractivity contribution in [1.29, 1.82) is 0 Å². The number of aliphatic hydroxyl groups is 1. The van der Waals surface area contributed by atoms with Gasteiger partial charge in [-0.1, -0.05) is 60.1 Å². The van der Waals surface area contributed by atoms with Crippen LogP contribution >= 0.6 is 11.6 Å². The number of carbonyl (C=O) groups excluding carboxylic acids is 2. The Balaban J connectivity index is 1.88. The van der Waals surface area contributed by atoms with E-state index in [4.69, 9.17) is 11.6 Å². The highest BCUT2D eigenvalue weighted by Crippen LogP contribution is 2.41. The summed E-state index contributed by atoms with van der Waals surface area (Å²) in [4.78, 5) is 31.7. The first kappa shape index (κ1) is 17.9. The summed E-state index contributed by atoms with van der Waals surface area (Å²) in [5, 5.41) is 11.2. The molecule has 2 aromatic carbocycles. The number of aromatic nitrogens is 1. The first-order chi connectivity index (χ1) is 13.6. The molecule has 0 fully saturated rings. The van der Waals surface area contributed by atoms with Gasteiger partial charge < -0.3 is 5.11 Å². The van der Waals surface area contributed by atoms with Gasteiger partial charge in [0.15, 0.2) is 11.5 Å². The van der Waals surface area contributed by atoms with Crippen LogP contribution in [0.25, 0.3) is 0 Å². The quantitative estimate of drug-likeness (QED) is 0.665. The molecule has 0 spiro atoms.